The molecule has 184 valence electrons. The fraction of sp³-hybridized carbons (Fsp3) is 0.259. The second-order valence-corrected chi connectivity index (χ2v) is 9.25. The van der Waals surface area contributed by atoms with E-state index in [1.807, 2.05) is 28.8 Å². The summed E-state index contributed by atoms with van der Waals surface area (Å²) < 4.78 is 12.7. The Balaban J connectivity index is 1.93. The molecule has 35 heavy (non-hydrogen) atoms. The van der Waals surface area contributed by atoms with Crippen LogP contribution in [0.25, 0.3) is 17.0 Å². The minimum Gasteiger partial charge on any atom is -0.493 e. The van der Waals surface area contributed by atoms with Gasteiger partial charge in [0.05, 0.1) is 24.9 Å². The number of allylic oxidation sites excluding steroid dienone is 5. The van der Waals surface area contributed by atoms with Crippen LogP contribution in [0.4, 0.5) is 0 Å². The molecule has 2 aromatic heterocycles. The van der Waals surface area contributed by atoms with Crippen molar-refractivity contribution < 1.29 is 9.47 Å². The summed E-state index contributed by atoms with van der Waals surface area (Å²) in [6, 6.07) is 5.38. The van der Waals surface area contributed by atoms with Crippen LogP contribution in [0.3, 0.4) is 0 Å². The second kappa shape index (κ2) is 11.5. The maximum Gasteiger partial charge on any atom is 0.162 e. The SMILES string of the molecule is C=C(Cl)/C=C\C(NC(=C)Cc1cn2c(-c3cc(OC)c(OC)cc3Cl)nccc2n1)=C(\C)C(C)C. The van der Waals surface area contributed by atoms with Crippen LogP contribution in [-0.4, -0.2) is 28.6 Å². The Morgan fingerprint density at radius 3 is 2.49 bits per heavy atom. The number of fused-ring (bicyclic) bond motifs is 1. The Kier molecular flexibility index (Phi) is 8.65. The zero-order valence-corrected chi connectivity index (χ0v) is 22.2. The van der Waals surface area contributed by atoms with E-state index < -0.39 is 0 Å². The lowest BCUT2D eigenvalue weighted by molar-refractivity contribution is 0.355. The van der Waals surface area contributed by atoms with Gasteiger partial charge in [-0.1, -0.05) is 50.2 Å². The van der Waals surface area contributed by atoms with Crippen molar-refractivity contribution in [2.24, 2.45) is 5.92 Å². The van der Waals surface area contributed by atoms with Gasteiger partial charge >= 0.3 is 0 Å². The first-order chi connectivity index (χ1) is 16.6. The number of nitrogens with zero attached hydrogens (tertiary/aromatic N) is 3. The number of hydrogen-bond acceptors (Lipinski definition) is 5. The molecule has 0 radical (unpaired) electrons. The average Bonchev–Trinajstić information content (AvgIpc) is 3.23. The van der Waals surface area contributed by atoms with Crippen LogP contribution in [0.15, 0.2) is 77.9 Å². The molecule has 0 aliphatic heterocycles. The third kappa shape index (κ3) is 6.27. The first kappa shape index (κ1) is 26.4. The van der Waals surface area contributed by atoms with Crippen molar-refractivity contribution in [1.29, 1.82) is 0 Å². The van der Waals surface area contributed by atoms with E-state index in [4.69, 9.17) is 37.7 Å². The zero-order chi connectivity index (χ0) is 25.7. The van der Waals surface area contributed by atoms with Crippen molar-refractivity contribution >= 4 is 28.8 Å². The molecule has 0 bridgehead atoms. The molecule has 3 rings (SSSR count). The number of aromatic nitrogens is 3. The van der Waals surface area contributed by atoms with Gasteiger partial charge < -0.3 is 14.8 Å². The number of nitrogens with one attached hydrogen (secondary N) is 1. The molecule has 0 unspecified atom stereocenters. The Hall–Kier alpha value is -3.22. The summed E-state index contributed by atoms with van der Waals surface area (Å²) in [5.41, 5.74) is 5.21. The average molecular weight is 513 g/mol. The number of imidazole rings is 1. The van der Waals surface area contributed by atoms with E-state index in [9.17, 15) is 0 Å². The maximum atomic E-state index is 6.57. The lowest BCUT2D eigenvalue weighted by atomic mass is 10.0. The van der Waals surface area contributed by atoms with Gasteiger partial charge in [0.15, 0.2) is 11.5 Å². The highest BCUT2D eigenvalue weighted by Gasteiger charge is 2.16. The lowest BCUT2D eigenvalue weighted by Gasteiger charge is -2.15. The highest BCUT2D eigenvalue weighted by molar-refractivity contribution is 6.33. The normalized spacial score (nSPS) is 12.2. The van der Waals surface area contributed by atoms with E-state index in [0.717, 1.165) is 22.7 Å². The Labute approximate surface area is 216 Å². The summed E-state index contributed by atoms with van der Waals surface area (Å²) in [4.78, 5) is 9.32. The van der Waals surface area contributed by atoms with Crippen LogP contribution < -0.4 is 14.8 Å². The smallest absolute Gasteiger partial charge is 0.162 e. The molecule has 0 fully saturated rings. The summed E-state index contributed by atoms with van der Waals surface area (Å²) in [7, 11) is 3.15. The first-order valence-corrected chi connectivity index (χ1v) is 11.8. The highest BCUT2D eigenvalue weighted by Crippen LogP contribution is 2.37. The molecule has 0 amide bonds. The molecule has 6 nitrogen and oxygen atoms in total. The fourth-order valence-electron chi connectivity index (χ4n) is 3.49. The van der Waals surface area contributed by atoms with E-state index >= 15 is 0 Å². The van der Waals surface area contributed by atoms with E-state index in [1.54, 1.807) is 32.6 Å². The van der Waals surface area contributed by atoms with Crippen molar-refractivity contribution in [2.45, 2.75) is 27.2 Å². The Morgan fingerprint density at radius 2 is 1.86 bits per heavy atom. The topological polar surface area (TPSA) is 60.7 Å². The minimum absolute atomic E-state index is 0.355. The third-order valence-corrected chi connectivity index (χ3v) is 6.01. The lowest BCUT2D eigenvalue weighted by Crippen LogP contribution is -2.15. The molecule has 0 atom stereocenters. The van der Waals surface area contributed by atoms with Gasteiger partial charge in [-0.2, -0.15) is 0 Å². The molecule has 2 heterocycles. The van der Waals surface area contributed by atoms with Gasteiger partial charge in [-0.15, -0.1) is 0 Å². The first-order valence-electron chi connectivity index (χ1n) is 11.1. The fourth-order valence-corrected chi connectivity index (χ4v) is 3.79. The standard InChI is InChI=1S/C27H30Cl2N4O2/c1-16(2)19(5)23(9-8-17(3)28)31-18(4)12-20-15-33-26(32-20)10-11-30-27(33)21-13-24(34-6)25(35-7)14-22(21)29/h8-11,13-16,31H,3-4,12H2,1-2,5-7H3/b9-8-,23-19+. The van der Waals surface area contributed by atoms with Crippen molar-refractivity contribution in [3.05, 3.63) is 88.6 Å². The van der Waals surface area contributed by atoms with Crippen LogP contribution in [-0.2, 0) is 6.42 Å². The second-order valence-electron chi connectivity index (χ2n) is 8.35. The predicted molar refractivity (Wildman–Crippen MR) is 144 cm³/mol. The molecule has 3 aromatic rings. The van der Waals surface area contributed by atoms with E-state index in [1.165, 1.54) is 5.57 Å². The molecule has 0 aliphatic carbocycles. The molecule has 1 aromatic carbocycles. The van der Waals surface area contributed by atoms with E-state index in [2.05, 4.69) is 44.2 Å². The van der Waals surface area contributed by atoms with Gasteiger partial charge in [0.2, 0.25) is 0 Å². The van der Waals surface area contributed by atoms with Crippen LogP contribution >= 0.6 is 23.2 Å². The van der Waals surface area contributed by atoms with Crippen molar-refractivity contribution in [3.63, 3.8) is 0 Å². The number of hydrogen-bond donors (Lipinski definition) is 1. The molecular formula is C27H30Cl2N4O2. The largest absolute Gasteiger partial charge is 0.493 e. The molecule has 0 aliphatic rings. The zero-order valence-electron chi connectivity index (χ0n) is 20.7. The van der Waals surface area contributed by atoms with Gasteiger partial charge in [0.1, 0.15) is 11.5 Å². The van der Waals surface area contributed by atoms with Gasteiger partial charge in [-0.25, -0.2) is 9.97 Å². The van der Waals surface area contributed by atoms with Gasteiger partial charge in [0.25, 0.3) is 0 Å². The maximum absolute atomic E-state index is 6.57. The Morgan fingerprint density at radius 1 is 1.17 bits per heavy atom. The van der Waals surface area contributed by atoms with E-state index in [0.29, 0.717) is 45.3 Å². The summed E-state index contributed by atoms with van der Waals surface area (Å²) in [6.07, 6.45) is 7.84. The van der Waals surface area contributed by atoms with Gasteiger partial charge in [-0.3, -0.25) is 4.40 Å². The highest BCUT2D eigenvalue weighted by atomic mass is 35.5. The van der Waals surface area contributed by atoms with Crippen LogP contribution in [0, 0.1) is 5.92 Å². The van der Waals surface area contributed by atoms with Gasteiger partial charge in [-0.05, 0) is 42.7 Å². The van der Waals surface area contributed by atoms with Crippen LogP contribution in [0.1, 0.15) is 26.5 Å². The van der Waals surface area contributed by atoms with Crippen molar-refractivity contribution in [2.75, 3.05) is 14.2 Å². The van der Waals surface area contributed by atoms with Crippen LogP contribution in [0.2, 0.25) is 5.02 Å². The summed E-state index contributed by atoms with van der Waals surface area (Å²) in [5, 5.41) is 4.37. The summed E-state index contributed by atoms with van der Waals surface area (Å²) >= 11 is 12.5. The third-order valence-electron chi connectivity index (χ3n) is 5.57. The van der Waals surface area contributed by atoms with Gasteiger partial charge in [0, 0.05) is 46.9 Å². The number of methoxy groups -OCH3 is 2. The molecule has 8 heteroatoms. The summed E-state index contributed by atoms with van der Waals surface area (Å²) in [6.45, 7) is 14.3. The predicted octanol–water partition coefficient (Wildman–Crippen LogP) is 6.95. The number of benzene rings is 1. The summed E-state index contributed by atoms with van der Waals surface area (Å²) in [5.74, 6) is 2.12. The molecule has 0 spiro atoms. The number of ether oxygens (including phenoxy) is 2. The van der Waals surface area contributed by atoms with Crippen molar-refractivity contribution in [1.82, 2.24) is 19.7 Å². The monoisotopic (exact) mass is 512 g/mol. The Bertz CT molecular complexity index is 1320. The number of halogens is 2. The van der Waals surface area contributed by atoms with Crippen LogP contribution in [0.5, 0.6) is 11.5 Å². The quantitative estimate of drug-likeness (QED) is 0.297. The minimum atomic E-state index is 0.355. The van der Waals surface area contributed by atoms with Crippen molar-refractivity contribution in [3.8, 4) is 22.9 Å². The number of rotatable bonds is 10. The molecule has 1 N–H and O–H groups in total. The molecular weight excluding hydrogens is 483 g/mol. The molecule has 0 saturated heterocycles. The molecule has 0 saturated carbocycles. The van der Waals surface area contributed by atoms with E-state index in [-0.39, 0.29) is 0 Å².